The van der Waals surface area contributed by atoms with E-state index in [0.29, 0.717) is 72.7 Å². The molecule has 0 aliphatic carbocycles. The largest absolute Gasteiger partial charge is 0.457 e. The zero-order chi connectivity index (χ0) is 93.5. The number of nitrogens with zero attached hydrogens (tertiary/aromatic N) is 18. The lowest BCUT2D eigenvalue weighted by Crippen LogP contribution is -2.47. The Balaban J connectivity index is 0.000000244. The van der Waals surface area contributed by atoms with Crippen LogP contribution < -0.4 is 75.6 Å². The first-order valence-corrected chi connectivity index (χ1v) is 38.1. The van der Waals surface area contributed by atoms with Crippen molar-refractivity contribution < 1.29 is 107 Å². The average Bonchev–Trinajstić information content (AvgIpc) is 0.805. The molecule has 50 heteroatoms. The van der Waals surface area contributed by atoms with Crippen LogP contribution in [0.25, 0.3) is 0 Å². The van der Waals surface area contributed by atoms with Gasteiger partial charge in [-0.2, -0.15) is 149 Å². The smallest absolute Gasteiger partial charge is 0.434 e. The maximum absolute atomic E-state index is 13.3. The molecule has 0 aliphatic heterocycles. The van der Waals surface area contributed by atoms with Crippen LogP contribution in [0.4, 0.5) is 171 Å². The second-order valence-corrected chi connectivity index (χ2v) is 26.1. The Bertz CT molecular complexity index is 4840. The number of alkyl halides is 18. The molecule has 0 spiro atoms. The number of anilines is 15. The zero-order valence-electron chi connectivity index (χ0n) is 69.2. The number of hydrogen-bond acceptors (Lipinski definition) is 30. The monoisotopic (exact) mass is 1830 g/mol. The molecule has 0 aliphatic rings. The average molecular weight is 1830 g/mol. The molecule has 0 radical (unpaired) electrons. The maximum Gasteiger partial charge on any atom is 0.434 e. The molecule has 0 fully saturated rings. The van der Waals surface area contributed by atoms with E-state index in [1.165, 1.54) is 23.1 Å². The molecule has 126 heavy (non-hydrogen) atoms. The van der Waals surface area contributed by atoms with Crippen LogP contribution in [0.2, 0.25) is 5.02 Å². The molecule has 5 aromatic carbocycles. The van der Waals surface area contributed by atoms with E-state index in [1.807, 2.05) is 65.0 Å². The summed E-state index contributed by atoms with van der Waals surface area (Å²) in [5.74, 6) is -3.64. The number of benzene rings is 5. The molecule has 0 amide bonds. The lowest BCUT2D eigenvalue weighted by atomic mass is 10.2. The Morgan fingerprint density at radius 3 is 0.976 bits per heavy atom. The minimum Gasteiger partial charge on any atom is -0.457 e. The predicted molar refractivity (Wildman–Crippen MR) is 433 cm³/mol. The highest BCUT2D eigenvalue weighted by molar-refractivity contribution is 6.30. The Morgan fingerprint density at radius 1 is 0.341 bits per heavy atom. The van der Waals surface area contributed by atoms with Crippen molar-refractivity contribution in [1.82, 2.24) is 74.8 Å². The van der Waals surface area contributed by atoms with Crippen LogP contribution in [-0.4, -0.2) is 202 Å². The molecule has 5 heterocycles. The number of aryl methyl sites for hydroxylation is 1. The van der Waals surface area contributed by atoms with Gasteiger partial charge in [0.2, 0.25) is 59.5 Å². The summed E-state index contributed by atoms with van der Waals surface area (Å²) < 4.78 is 267. The quantitative estimate of drug-likeness (QED) is 0.0188. The van der Waals surface area contributed by atoms with Gasteiger partial charge in [0, 0.05) is 86.8 Å². The van der Waals surface area contributed by atoms with Gasteiger partial charge in [-0.3, -0.25) is 0 Å². The Labute approximate surface area is 714 Å². The molecule has 5 aromatic heterocycles. The third kappa shape index (κ3) is 34.0. The minimum atomic E-state index is -5.69. The van der Waals surface area contributed by atoms with Crippen molar-refractivity contribution >= 4 is 99.5 Å². The summed E-state index contributed by atoms with van der Waals surface area (Å²) in [7, 11) is 3.10. The number of para-hydroxylation sites is 2. The fraction of sp³-hybridized carbons (Fsp3) is 0.408. The van der Waals surface area contributed by atoms with Crippen LogP contribution in [-0.2, 0) is 0 Å². The molecule has 30 nitrogen and oxygen atoms in total. The first kappa shape index (κ1) is 102. The summed E-state index contributed by atoms with van der Waals surface area (Å²) in [5, 5.41) is 20.0. The number of rotatable bonds is 33. The van der Waals surface area contributed by atoms with Gasteiger partial charge >= 0.3 is 66.9 Å². The van der Waals surface area contributed by atoms with Gasteiger partial charge in [0.25, 0.3) is 6.10 Å². The molecule has 7 N–H and O–H groups in total. The van der Waals surface area contributed by atoms with E-state index in [-0.39, 0.29) is 65.5 Å². The Kier molecular flexibility index (Phi) is 37.8. The fourth-order valence-corrected chi connectivity index (χ4v) is 9.58. The van der Waals surface area contributed by atoms with Gasteiger partial charge in [-0.05, 0) is 155 Å². The third-order valence-corrected chi connectivity index (χ3v) is 16.4. The van der Waals surface area contributed by atoms with Crippen LogP contribution >= 0.6 is 11.6 Å². The molecule has 4 atom stereocenters. The highest BCUT2D eigenvalue weighted by atomic mass is 35.5. The minimum absolute atomic E-state index is 0.0446. The molecule has 10 rings (SSSR count). The van der Waals surface area contributed by atoms with E-state index in [9.17, 15) is 83.4 Å². The van der Waals surface area contributed by atoms with Crippen LogP contribution in [0.15, 0.2) is 133 Å². The van der Waals surface area contributed by atoms with Gasteiger partial charge in [0.1, 0.15) is 5.82 Å². The Morgan fingerprint density at radius 2 is 0.643 bits per heavy atom. The van der Waals surface area contributed by atoms with Crippen molar-refractivity contribution in [3.05, 3.63) is 150 Å². The first-order chi connectivity index (χ1) is 59.2. The van der Waals surface area contributed by atoms with Crippen LogP contribution in [0, 0.1) is 12.7 Å². The van der Waals surface area contributed by atoms with Crippen LogP contribution in [0.5, 0.6) is 30.1 Å². The van der Waals surface area contributed by atoms with E-state index in [1.54, 1.807) is 123 Å². The van der Waals surface area contributed by atoms with Gasteiger partial charge in [-0.15, -0.1) is 0 Å². The van der Waals surface area contributed by atoms with E-state index in [2.05, 4.69) is 117 Å². The molecule has 686 valence electrons. The summed E-state index contributed by atoms with van der Waals surface area (Å²) >= 11 is 5.94. The van der Waals surface area contributed by atoms with Crippen molar-refractivity contribution in [2.75, 3.05) is 112 Å². The molecule has 4 unspecified atom stereocenters. The topological polar surface area (TPSA) is 333 Å². The van der Waals surface area contributed by atoms with Gasteiger partial charge in [0.15, 0.2) is 31.1 Å². The molecular formula is C76H87ClF19N25O5. The second kappa shape index (κ2) is 46.7. The van der Waals surface area contributed by atoms with E-state index >= 15 is 0 Å². The van der Waals surface area contributed by atoms with E-state index in [0.717, 1.165) is 33.3 Å². The summed E-state index contributed by atoms with van der Waals surface area (Å²) in [6.07, 6.45) is -37.5. The zero-order valence-corrected chi connectivity index (χ0v) is 69.9. The van der Waals surface area contributed by atoms with E-state index in [4.69, 9.17) is 30.5 Å². The number of aromatic nitrogens is 15. The number of halogens is 20. The van der Waals surface area contributed by atoms with Crippen LogP contribution in [0.1, 0.15) is 74.8 Å². The van der Waals surface area contributed by atoms with Gasteiger partial charge < -0.3 is 75.6 Å². The van der Waals surface area contributed by atoms with Gasteiger partial charge in [-0.25, -0.2) is 8.78 Å². The Hall–Kier alpha value is -12.9. The predicted octanol–water partition coefficient (Wildman–Crippen LogP) is 19.0. The lowest BCUT2D eigenvalue weighted by molar-refractivity contribution is -0.301. The normalized spacial score (nSPS) is 12.5. The molecule has 0 saturated heterocycles. The second-order valence-electron chi connectivity index (χ2n) is 25.7. The fourth-order valence-electron chi connectivity index (χ4n) is 9.39. The number of nitrogens with one attached hydrogen (secondary N) is 7. The van der Waals surface area contributed by atoms with Crippen molar-refractivity contribution in [3.63, 3.8) is 0 Å². The summed E-state index contributed by atoms with van der Waals surface area (Å²) in [6, 6.07) is 34.4. The highest BCUT2D eigenvalue weighted by Crippen LogP contribution is 2.38. The van der Waals surface area contributed by atoms with Crippen molar-refractivity contribution in [2.45, 2.75) is 144 Å². The van der Waals surface area contributed by atoms with E-state index < -0.39 is 104 Å². The maximum atomic E-state index is 13.3. The van der Waals surface area contributed by atoms with Crippen molar-refractivity contribution in [2.24, 2.45) is 0 Å². The standard InChI is InChI=1S/C17H19F6N5O.C16H19ClF3N5O.C16H19F4N5O.C14H16F3N5O.C13H14F3N5O/c1-4-28(5-2)14-25-13(24-11-8-6-7-10(3)9-11)26-15(27-14)29-12(16(18,19)20)17(21,22)23;2*1-4-25(5-2)14-22-13(21-12-8-6-7-11(17)9-12)23-15(24-14)26-10(3)16(18,19)20;1-9(15)14(16,17)8-23-13-21-11(18-2)20-12(22-13)19-10-6-4-3-5-7-10;1-8(13(14,15)16)22-12-20-10(17-2)19-11(21-12)18-9-6-4-3-5-7-9/h6-9,12H,4-5H2,1-3H3,(H,24,25,26,27);2*6-10H,4-5H2,1-3H3,(H,21,22,23,24);3-7,9H,8H2,1-2H3,(H2,18,19,20,21,22);3-8H,1-2H3,(H2,17,18,19,20,21). The van der Waals surface area contributed by atoms with Crippen molar-refractivity contribution in [1.29, 1.82) is 0 Å². The van der Waals surface area contributed by atoms with Crippen LogP contribution in [0.3, 0.4) is 0 Å². The molecule has 0 bridgehead atoms. The number of ether oxygens (including phenoxy) is 5. The summed E-state index contributed by atoms with van der Waals surface area (Å²) in [4.78, 5) is 63.9. The third-order valence-electron chi connectivity index (χ3n) is 16.1. The van der Waals surface area contributed by atoms with Crippen molar-refractivity contribution in [3.8, 4) is 30.1 Å². The molecule has 10 aromatic rings. The molecule has 0 saturated carbocycles. The highest BCUT2D eigenvalue weighted by Gasteiger charge is 2.60. The van der Waals surface area contributed by atoms with Gasteiger partial charge in [0.05, 0.1) is 0 Å². The summed E-state index contributed by atoms with van der Waals surface area (Å²) in [5.41, 5.74) is 3.69. The SMILES string of the molecule is CCN(CC)c1nc(Nc2cccc(C)c2)nc(OC(C(F)(F)F)C(F)(F)F)n1.CCN(CC)c1nc(Nc2cccc(Cl)c2)nc(OC(C)C(F)(F)F)n1.CCN(CC)c1nc(Nc2cccc(F)c2)nc(OC(C)C(F)(F)F)n1.CNc1nc(Nc2ccccc2)nc(OC(C)C(F)(F)F)n1.CNc1nc(Nc2ccccc2)nc(OCC(F)(F)C(C)F)n1. The molecular weight excluding hydrogens is 1740 g/mol. The summed E-state index contributed by atoms with van der Waals surface area (Å²) in [6.45, 7) is 17.9. The van der Waals surface area contributed by atoms with Gasteiger partial charge in [-0.1, -0.05) is 72.3 Å². The first-order valence-electron chi connectivity index (χ1n) is 37.8. The number of hydrogen-bond donors (Lipinski definition) is 7. The lowest BCUT2D eigenvalue weighted by Gasteiger charge is -2.24.